The molecule has 0 N–H and O–H groups in total. The number of para-hydroxylation sites is 1. The van der Waals surface area contributed by atoms with E-state index in [4.69, 9.17) is 0 Å². The number of benzene rings is 2. The molecule has 0 aliphatic heterocycles. The number of nitro groups is 1. The van der Waals surface area contributed by atoms with Crippen molar-refractivity contribution in [1.29, 1.82) is 0 Å². The van der Waals surface area contributed by atoms with Crippen LogP contribution in [0.3, 0.4) is 0 Å². The van der Waals surface area contributed by atoms with Crippen LogP contribution in [-0.2, 0) is 0 Å². The highest BCUT2D eigenvalue weighted by Crippen LogP contribution is 2.13. The number of non-ortho nitro benzene ring substituents is 1. The van der Waals surface area contributed by atoms with E-state index in [9.17, 15) is 15.2 Å². The highest BCUT2D eigenvalue weighted by atomic mass is 16.6. The number of rotatable bonds is 3. The number of hydrogen-bond acceptors (Lipinski definition) is 4. The molecule has 0 saturated carbocycles. The zero-order chi connectivity index (χ0) is 14.8. The van der Waals surface area contributed by atoms with Crippen molar-refractivity contribution >= 4 is 5.69 Å². The SMILES string of the molecule is O=[N+]([O-])c1ccc(-[n+]2cn(-c3ccccc3)nc2[O-])cc1. The molecular formula is C14H10N4O3. The lowest BCUT2D eigenvalue weighted by Gasteiger charge is -2.00. The van der Waals surface area contributed by atoms with Crippen LogP contribution in [0, 0.1) is 10.1 Å². The van der Waals surface area contributed by atoms with Gasteiger partial charge in [-0.05, 0) is 24.3 Å². The maximum Gasteiger partial charge on any atom is 0.269 e. The summed E-state index contributed by atoms with van der Waals surface area (Å²) < 4.78 is 2.79. The molecule has 3 rings (SSSR count). The van der Waals surface area contributed by atoms with E-state index >= 15 is 0 Å². The van der Waals surface area contributed by atoms with Gasteiger partial charge < -0.3 is 5.11 Å². The fourth-order valence-electron chi connectivity index (χ4n) is 1.94. The Morgan fingerprint density at radius 1 is 1.05 bits per heavy atom. The molecule has 0 amide bonds. The van der Waals surface area contributed by atoms with E-state index in [1.54, 1.807) is 6.33 Å². The topological polar surface area (TPSA) is 87.9 Å². The van der Waals surface area contributed by atoms with Crippen molar-refractivity contribution < 1.29 is 14.6 Å². The monoisotopic (exact) mass is 282 g/mol. The number of aromatic nitrogens is 3. The molecule has 0 unspecified atom stereocenters. The van der Waals surface area contributed by atoms with Gasteiger partial charge in [0.1, 0.15) is 11.4 Å². The fourth-order valence-corrected chi connectivity index (χ4v) is 1.94. The second-order valence-electron chi connectivity index (χ2n) is 4.32. The standard InChI is InChI=1S/C14H10N4O3/c19-14-15-17(12-4-2-1-3-5-12)10-16(14)11-6-8-13(9-7-11)18(20)21/h1-10H. The first-order chi connectivity index (χ1) is 10.1. The second-order valence-corrected chi connectivity index (χ2v) is 4.32. The van der Waals surface area contributed by atoms with E-state index < -0.39 is 10.9 Å². The third-order valence-electron chi connectivity index (χ3n) is 2.98. The van der Waals surface area contributed by atoms with Gasteiger partial charge in [0, 0.05) is 17.2 Å². The first-order valence-electron chi connectivity index (χ1n) is 6.14. The molecule has 7 heteroatoms. The van der Waals surface area contributed by atoms with Crippen LogP contribution < -0.4 is 9.67 Å². The molecule has 0 bridgehead atoms. The Balaban J connectivity index is 2.00. The van der Waals surface area contributed by atoms with E-state index in [-0.39, 0.29) is 5.69 Å². The van der Waals surface area contributed by atoms with E-state index in [1.165, 1.54) is 33.5 Å². The summed E-state index contributed by atoms with van der Waals surface area (Å²) in [5, 5.41) is 26.5. The van der Waals surface area contributed by atoms with Crippen LogP contribution in [-0.4, -0.2) is 14.7 Å². The van der Waals surface area contributed by atoms with Crippen LogP contribution in [0.1, 0.15) is 0 Å². The van der Waals surface area contributed by atoms with Crippen LogP contribution in [0.15, 0.2) is 60.9 Å². The molecule has 0 fully saturated rings. The predicted molar refractivity (Wildman–Crippen MR) is 71.2 cm³/mol. The van der Waals surface area contributed by atoms with Gasteiger partial charge in [-0.25, -0.2) is 4.57 Å². The molecule has 3 aromatic rings. The minimum absolute atomic E-state index is 0.0257. The van der Waals surface area contributed by atoms with E-state index in [2.05, 4.69) is 5.10 Å². The molecular weight excluding hydrogens is 272 g/mol. The summed E-state index contributed by atoms with van der Waals surface area (Å²) in [5.74, 6) is 0. The van der Waals surface area contributed by atoms with E-state index in [0.29, 0.717) is 5.69 Å². The second kappa shape index (κ2) is 5.04. The van der Waals surface area contributed by atoms with Gasteiger partial charge in [-0.15, -0.1) is 0 Å². The van der Waals surface area contributed by atoms with Crippen LogP contribution in [0.5, 0.6) is 6.01 Å². The smallest absolute Gasteiger partial charge is 0.269 e. The minimum atomic E-state index is -0.486. The van der Waals surface area contributed by atoms with E-state index in [0.717, 1.165) is 5.69 Å². The molecule has 0 aliphatic rings. The Morgan fingerprint density at radius 2 is 1.71 bits per heavy atom. The Morgan fingerprint density at radius 3 is 2.33 bits per heavy atom. The van der Waals surface area contributed by atoms with Crippen LogP contribution in [0.4, 0.5) is 5.69 Å². The average Bonchev–Trinajstić information content (AvgIpc) is 2.90. The van der Waals surface area contributed by atoms with Gasteiger partial charge in [0.2, 0.25) is 12.3 Å². The zero-order valence-electron chi connectivity index (χ0n) is 10.8. The Kier molecular flexibility index (Phi) is 3.07. The maximum absolute atomic E-state index is 11.9. The summed E-state index contributed by atoms with van der Waals surface area (Å²) in [6.45, 7) is 0. The average molecular weight is 282 g/mol. The van der Waals surface area contributed by atoms with Gasteiger partial charge in [-0.2, -0.15) is 0 Å². The molecule has 0 atom stereocenters. The van der Waals surface area contributed by atoms with Gasteiger partial charge in [0.15, 0.2) is 0 Å². The Hall–Kier alpha value is -3.22. The lowest BCUT2D eigenvalue weighted by atomic mass is 10.3. The number of hydrogen-bond donors (Lipinski definition) is 0. The summed E-state index contributed by atoms with van der Waals surface area (Å²) in [7, 11) is 0. The number of nitrogens with zero attached hydrogens (tertiary/aromatic N) is 4. The van der Waals surface area contributed by atoms with Crippen LogP contribution >= 0.6 is 0 Å². The Bertz CT molecular complexity index is 782. The molecule has 1 heterocycles. The quantitative estimate of drug-likeness (QED) is 0.409. The summed E-state index contributed by atoms with van der Waals surface area (Å²) in [6.07, 6.45) is 1.54. The highest BCUT2D eigenvalue weighted by molar-refractivity contribution is 5.36. The van der Waals surface area contributed by atoms with Gasteiger partial charge in [-0.3, -0.25) is 10.1 Å². The molecule has 0 spiro atoms. The van der Waals surface area contributed by atoms with Gasteiger partial charge in [0.25, 0.3) is 5.69 Å². The van der Waals surface area contributed by atoms with Crippen molar-refractivity contribution in [3.63, 3.8) is 0 Å². The summed E-state index contributed by atoms with van der Waals surface area (Å²) in [5.41, 5.74) is 1.25. The van der Waals surface area contributed by atoms with Gasteiger partial charge in [0.05, 0.1) is 4.92 Å². The van der Waals surface area contributed by atoms with Crippen molar-refractivity contribution in [1.82, 2.24) is 9.78 Å². The molecule has 0 aliphatic carbocycles. The third kappa shape index (κ3) is 2.44. The zero-order valence-corrected chi connectivity index (χ0v) is 10.8. The lowest BCUT2D eigenvalue weighted by Crippen LogP contribution is -2.32. The highest BCUT2D eigenvalue weighted by Gasteiger charge is 2.14. The molecule has 21 heavy (non-hydrogen) atoms. The van der Waals surface area contributed by atoms with Crippen molar-refractivity contribution in [3.8, 4) is 17.4 Å². The summed E-state index contributed by atoms with van der Waals surface area (Å²) in [4.78, 5) is 10.1. The molecule has 2 aromatic carbocycles. The van der Waals surface area contributed by atoms with Crippen molar-refractivity contribution in [2.24, 2.45) is 0 Å². The molecule has 7 nitrogen and oxygen atoms in total. The normalized spacial score (nSPS) is 10.5. The molecule has 0 radical (unpaired) electrons. The van der Waals surface area contributed by atoms with E-state index in [1.807, 2.05) is 30.3 Å². The minimum Gasteiger partial charge on any atom is -0.817 e. The van der Waals surface area contributed by atoms with Crippen molar-refractivity contribution in [3.05, 3.63) is 71.0 Å². The number of nitro benzene ring substituents is 1. The van der Waals surface area contributed by atoms with Crippen LogP contribution in [0.25, 0.3) is 11.4 Å². The summed E-state index contributed by atoms with van der Waals surface area (Å²) in [6, 6.07) is 14.5. The first kappa shape index (κ1) is 12.8. The summed E-state index contributed by atoms with van der Waals surface area (Å²) >= 11 is 0. The van der Waals surface area contributed by atoms with Gasteiger partial charge >= 0.3 is 0 Å². The Labute approximate surface area is 119 Å². The maximum atomic E-state index is 11.9. The predicted octanol–water partition coefficient (Wildman–Crippen LogP) is 1.13. The molecule has 104 valence electrons. The van der Waals surface area contributed by atoms with Gasteiger partial charge in [-0.1, -0.05) is 22.9 Å². The molecule has 1 aromatic heterocycles. The largest absolute Gasteiger partial charge is 0.817 e. The van der Waals surface area contributed by atoms with Crippen molar-refractivity contribution in [2.45, 2.75) is 0 Å². The van der Waals surface area contributed by atoms with Crippen molar-refractivity contribution in [2.75, 3.05) is 0 Å². The van der Waals surface area contributed by atoms with Crippen LogP contribution in [0.2, 0.25) is 0 Å². The molecule has 0 saturated heterocycles. The third-order valence-corrected chi connectivity index (χ3v) is 2.98. The fraction of sp³-hybridized carbons (Fsp3) is 0. The first-order valence-corrected chi connectivity index (χ1v) is 6.14. The lowest BCUT2D eigenvalue weighted by molar-refractivity contribution is -0.651.